The van der Waals surface area contributed by atoms with Gasteiger partial charge in [0.25, 0.3) is 5.91 Å². The number of amides is 1. The van der Waals surface area contributed by atoms with Gasteiger partial charge >= 0.3 is 0 Å². The number of benzene rings is 1. The zero-order valence-electron chi connectivity index (χ0n) is 12.4. The topological polar surface area (TPSA) is 55.1 Å². The largest absolute Gasteiger partial charge is 0.352 e. The van der Waals surface area contributed by atoms with Crippen molar-refractivity contribution in [2.24, 2.45) is 11.7 Å². The molecule has 1 saturated heterocycles. The van der Waals surface area contributed by atoms with Gasteiger partial charge in [0.05, 0.1) is 6.54 Å². The first-order valence-corrected chi connectivity index (χ1v) is 8.51. The van der Waals surface area contributed by atoms with Crippen LogP contribution < -0.4 is 11.1 Å². The lowest BCUT2D eigenvalue weighted by Gasteiger charge is -2.21. The van der Waals surface area contributed by atoms with Crippen LogP contribution in [0.25, 0.3) is 0 Å². The number of hydrogen-bond acceptors (Lipinski definition) is 3. The maximum Gasteiger partial charge on any atom is 0.251 e. The van der Waals surface area contributed by atoms with Crippen molar-refractivity contribution in [2.45, 2.75) is 19.8 Å². The Bertz CT molecular complexity index is 554. The lowest BCUT2D eigenvalue weighted by Crippen LogP contribution is -2.31. The summed E-state index contributed by atoms with van der Waals surface area (Å²) < 4.78 is 0. The molecule has 1 amide bonds. The average molecular weight is 302 g/mol. The highest BCUT2D eigenvalue weighted by atomic mass is 32.2. The Hall–Kier alpha value is -1.44. The van der Waals surface area contributed by atoms with Gasteiger partial charge in [0.15, 0.2) is 0 Å². The molecule has 0 radical (unpaired) electrons. The smallest absolute Gasteiger partial charge is 0.251 e. The number of carbonyl (C=O) groups excluding carboxylic acids is 1. The molecule has 0 unspecified atom stereocenters. The number of nitrogens with two attached hydrogens (primary N) is 1. The van der Waals surface area contributed by atoms with Crippen molar-refractivity contribution in [3.05, 3.63) is 34.9 Å². The molecule has 0 aromatic heterocycles. The number of carbonyl (C=O) groups is 1. The highest BCUT2D eigenvalue weighted by Crippen LogP contribution is 2.22. The first kappa shape index (κ1) is 15.9. The van der Waals surface area contributed by atoms with E-state index in [9.17, 15) is 4.79 Å². The first-order chi connectivity index (χ1) is 10.2. The molecule has 112 valence electrons. The quantitative estimate of drug-likeness (QED) is 0.842. The number of rotatable bonds is 3. The fraction of sp³-hybridized carbons (Fsp3) is 0.471. The number of nitrogens with one attached hydrogen (secondary N) is 1. The van der Waals surface area contributed by atoms with E-state index in [0.29, 0.717) is 18.0 Å². The van der Waals surface area contributed by atoms with Crippen LogP contribution in [0.4, 0.5) is 0 Å². The van der Waals surface area contributed by atoms with Crippen LogP contribution in [0.3, 0.4) is 0 Å². The van der Waals surface area contributed by atoms with Crippen LogP contribution in [0.5, 0.6) is 0 Å². The fourth-order valence-corrected chi connectivity index (χ4v) is 3.58. The predicted molar refractivity (Wildman–Crippen MR) is 89.5 cm³/mol. The molecular formula is C17H22N2OS. The molecule has 1 heterocycles. The van der Waals surface area contributed by atoms with Crippen molar-refractivity contribution >= 4 is 17.7 Å². The van der Waals surface area contributed by atoms with Crippen molar-refractivity contribution in [1.82, 2.24) is 5.32 Å². The first-order valence-electron chi connectivity index (χ1n) is 7.36. The van der Waals surface area contributed by atoms with Crippen molar-refractivity contribution in [2.75, 3.05) is 24.6 Å². The number of thioether (sulfide) groups is 1. The van der Waals surface area contributed by atoms with E-state index < -0.39 is 0 Å². The standard InChI is InChI=1S/C17H22N2OS/c1-13-4-5-14(3-2-8-18)11-16(13)17(20)19-12-15-6-9-21-10-7-15/h4-5,11,15H,6-10,12,18H2,1H3,(H,19,20). The summed E-state index contributed by atoms with van der Waals surface area (Å²) >= 11 is 2.00. The number of aryl methyl sites for hydroxylation is 1. The maximum absolute atomic E-state index is 12.3. The Labute approximate surface area is 131 Å². The van der Waals surface area contributed by atoms with Crippen molar-refractivity contribution in [3.63, 3.8) is 0 Å². The second kappa shape index (κ2) is 8.11. The van der Waals surface area contributed by atoms with Crippen molar-refractivity contribution in [3.8, 4) is 11.8 Å². The van der Waals surface area contributed by atoms with E-state index in [1.165, 1.54) is 24.3 Å². The van der Waals surface area contributed by atoms with Crippen LogP contribution in [0.15, 0.2) is 18.2 Å². The zero-order chi connectivity index (χ0) is 15.1. The highest BCUT2D eigenvalue weighted by Gasteiger charge is 2.16. The van der Waals surface area contributed by atoms with Crippen LogP contribution in [-0.2, 0) is 0 Å². The lowest BCUT2D eigenvalue weighted by molar-refractivity contribution is 0.0945. The zero-order valence-corrected chi connectivity index (χ0v) is 13.3. The Morgan fingerprint density at radius 2 is 2.19 bits per heavy atom. The van der Waals surface area contributed by atoms with Gasteiger partial charge in [-0.15, -0.1) is 0 Å². The second-order valence-electron chi connectivity index (χ2n) is 5.30. The van der Waals surface area contributed by atoms with E-state index in [4.69, 9.17) is 5.73 Å². The molecule has 0 aliphatic carbocycles. The highest BCUT2D eigenvalue weighted by molar-refractivity contribution is 7.99. The molecular weight excluding hydrogens is 280 g/mol. The summed E-state index contributed by atoms with van der Waals surface area (Å²) in [6, 6.07) is 5.71. The predicted octanol–water partition coefficient (Wildman–Crippen LogP) is 2.18. The van der Waals surface area contributed by atoms with Crippen LogP contribution in [0.1, 0.15) is 34.3 Å². The summed E-state index contributed by atoms with van der Waals surface area (Å²) in [6.07, 6.45) is 2.40. The van der Waals surface area contributed by atoms with E-state index in [1.807, 2.05) is 36.9 Å². The molecule has 0 atom stereocenters. The van der Waals surface area contributed by atoms with E-state index in [1.54, 1.807) is 0 Å². The van der Waals surface area contributed by atoms with Gasteiger partial charge in [0, 0.05) is 17.7 Å². The summed E-state index contributed by atoms with van der Waals surface area (Å²) in [5.41, 5.74) is 7.91. The molecule has 3 N–H and O–H groups in total. The van der Waals surface area contributed by atoms with Gasteiger partial charge in [-0.25, -0.2) is 0 Å². The van der Waals surface area contributed by atoms with Gasteiger partial charge in [-0.1, -0.05) is 17.9 Å². The third-order valence-electron chi connectivity index (χ3n) is 3.71. The Morgan fingerprint density at radius 3 is 2.90 bits per heavy atom. The van der Waals surface area contributed by atoms with Crippen LogP contribution in [0.2, 0.25) is 0 Å². The lowest BCUT2D eigenvalue weighted by atomic mass is 10.0. The molecule has 1 aromatic carbocycles. The maximum atomic E-state index is 12.3. The summed E-state index contributed by atoms with van der Waals surface area (Å²) in [5.74, 6) is 8.84. The third-order valence-corrected chi connectivity index (χ3v) is 4.76. The summed E-state index contributed by atoms with van der Waals surface area (Å²) in [4.78, 5) is 12.3. The van der Waals surface area contributed by atoms with Crippen LogP contribution >= 0.6 is 11.8 Å². The minimum Gasteiger partial charge on any atom is -0.352 e. The van der Waals surface area contributed by atoms with Gasteiger partial charge in [-0.3, -0.25) is 4.79 Å². The summed E-state index contributed by atoms with van der Waals surface area (Å²) in [6.45, 7) is 3.05. The molecule has 1 aliphatic rings. The molecule has 0 bridgehead atoms. The van der Waals surface area contributed by atoms with Gasteiger partial charge < -0.3 is 11.1 Å². The second-order valence-corrected chi connectivity index (χ2v) is 6.53. The third kappa shape index (κ3) is 4.80. The minimum absolute atomic E-state index is 0.00197. The van der Waals surface area contributed by atoms with E-state index in [0.717, 1.165) is 17.7 Å². The van der Waals surface area contributed by atoms with Gasteiger partial charge in [-0.05, 0) is 54.9 Å². The summed E-state index contributed by atoms with van der Waals surface area (Å²) in [5, 5.41) is 3.07. The monoisotopic (exact) mass is 302 g/mol. The van der Waals surface area contributed by atoms with Gasteiger partial charge in [-0.2, -0.15) is 11.8 Å². The van der Waals surface area contributed by atoms with E-state index in [-0.39, 0.29) is 5.91 Å². The molecule has 4 heteroatoms. The SMILES string of the molecule is Cc1ccc(C#CCN)cc1C(=O)NCC1CCSCC1. The van der Waals surface area contributed by atoms with Crippen molar-refractivity contribution < 1.29 is 4.79 Å². The molecule has 1 aliphatic heterocycles. The fourth-order valence-electron chi connectivity index (χ4n) is 2.38. The molecule has 2 rings (SSSR count). The minimum atomic E-state index is 0.00197. The molecule has 1 fully saturated rings. The molecule has 0 saturated carbocycles. The van der Waals surface area contributed by atoms with Crippen molar-refractivity contribution in [1.29, 1.82) is 0 Å². The Morgan fingerprint density at radius 1 is 1.43 bits per heavy atom. The van der Waals surface area contributed by atoms with Crippen LogP contribution in [0, 0.1) is 24.7 Å². The van der Waals surface area contributed by atoms with Gasteiger partial charge in [0.1, 0.15) is 0 Å². The van der Waals surface area contributed by atoms with E-state index in [2.05, 4.69) is 17.2 Å². The Balaban J connectivity index is 2.00. The average Bonchev–Trinajstić information content (AvgIpc) is 2.53. The molecule has 21 heavy (non-hydrogen) atoms. The normalized spacial score (nSPS) is 15.1. The van der Waals surface area contributed by atoms with Crippen LogP contribution in [-0.4, -0.2) is 30.5 Å². The Kier molecular flexibility index (Phi) is 6.16. The number of hydrogen-bond donors (Lipinski definition) is 2. The molecule has 3 nitrogen and oxygen atoms in total. The van der Waals surface area contributed by atoms with Gasteiger partial charge in [0.2, 0.25) is 0 Å². The molecule has 1 aromatic rings. The molecule has 0 spiro atoms. The van der Waals surface area contributed by atoms with E-state index >= 15 is 0 Å². The summed E-state index contributed by atoms with van der Waals surface area (Å²) in [7, 11) is 0.